The number of hydrogen-bond acceptors (Lipinski definition) is 5. The van der Waals surface area contributed by atoms with Crippen LogP contribution < -0.4 is 45.0 Å². The van der Waals surface area contributed by atoms with Crippen molar-refractivity contribution in [3.8, 4) is 0 Å². The van der Waals surface area contributed by atoms with E-state index in [1.54, 1.807) is 4.57 Å². The number of halogens is 1. The summed E-state index contributed by atoms with van der Waals surface area (Å²) < 4.78 is 16.9. The van der Waals surface area contributed by atoms with E-state index in [0.29, 0.717) is 17.6 Å². The number of piperazine rings is 1. The number of aromatic carboxylic acids is 1. The van der Waals surface area contributed by atoms with E-state index in [1.807, 2.05) is 18.9 Å². The molecule has 8 heteroatoms. The summed E-state index contributed by atoms with van der Waals surface area (Å²) in [6.07, 6.45) is 2.79. The Morgan fingerprint density at radius 3 is 2.56 bits per heavy atom. The molecule has 0 amide bonds. The molecule has 0 N–H and O–H groups in total. The van der Waals surface area contributed by atoms with Gasteiger partial charge in [-0.3, -0.25) is 4.79 Å². The molecule has 1 unspecified atom stereocenters. The van der Waals surface area contributed by atoms with Gasteiger partial charge < -0.3 is 24.3 Å². The molecule has 0 bridgehead atoms. The van der Waals surface area contributed by atoms with Crippen molar-refractivity contribution in [2.45, 2.75) is 25.8 Å². The molecule has 4 rings (SSSR count). The Kier molecular flexibility index (Phi) is 5.68. The van der Waals surface area contributed by atoms with Gasteiger partial charge in [0.25, 0.3) is 0 Å². The predicted molar refractivity (Wildman–Crippen MR) is 95.2 cm³/mol. The number of carbonyl (C=O) groups excluding carboxylic acids is 1. The van der Waals surface area contributed by atoms with Crippen molar-refractivity contribution in [3.05, 3.63) is 39.4 Å². The van der Waals surface area contributed by atoms with Crippen LogP contribution in [0.15, 0.2) is 17.1 Å². The Balaban J connectivity index is 0.00000210. The van der Waals surface area contributed by atoms with Gasteiger partial charge >= 0.3 is 29.6 Å². The quantitative estimate of drug-likeness (QED) is 0.551. The molecule has 2 aromatic rings. The Hall–Kier alpha value is -1.41. The fourth-order valence-electron chi connectivity index (χ4n) is 4.15. The first-order valence-corrected chi connectivity index (χ1v) is 8.93. The van der Waals surface area contributed by atoms with Gasteiger partial charge in [0.1, 0.15) is 5.82 Å². The number of carbonyl (C=O) groups is 1. The van der Waals surface area contributed by atoms with Gasteiger partial charge in [-0.15, -0.1) is 0 Å². The number of carboxylic acid groups (broad SMARTS) is 1. The molecule has 0 spiro atoms. The first-order chi connectivity index (χ1) is 12.4. The molecule has 1 saturated heterocycles. The summed E-state index contributed by atoms with van der Waals surface area (Å²) >= 11 is 0. The van der Waals surface area contributed by atoms with Crippen molar-refractivity contribution in [1.29, 1.82) is 0 Å². The van der Waals surface area contributed by atoms with E-state index in [2.05, 4.69) is 4.90 Å². The molecule has 138 valence electrons. The summed E-state index contributed by atoms with van der Waals surface area (Å²) in [4.78, 5) is 28.2. The second-order valence-corrected chi connectivity index (χ2v) is 7.33. The number of aryl methyl sites for hydroxylation is 1. The Labute approximate surface area is 178 Å². The fraction of sp³-hybridized carbons (Fsp3) is 0.474. The van der Waals surface area contributed by atoms with Crippen molar-refractivity contribution in [2.24, 2.45) is 0 Å². The van der Waals surface area contributed by atoms with Gasteiger partial charge in [-0.05, 0) is 32.9 Å². The van der Waals surface area contributed by atoms with E-state index >= 15 is 4.39 Å². The van der Waals surface area contributed by atoms with Crippen LogP contribution >= 0.6 is 0 Å². The third kappa shape index (κ3) is 3.31. The number of aromatic nitrogens is 1. The van der Waals surface area contributed by atoms with Crippen LogP contribution in [-0.4, -0.2) is 48.7 Å². The topological polar surface area (TPSA) is 68.6 Å². The van der Waals surface area contributed by atoms with Crippen LogP contribution in [0.2, 0.25) is 0 Å². The molecule has 3 heterocycles. The van der Waals surface area contributed by atoms with Gasteiger partial charge in [0.15, 0.2) is 5.43 Å². The van der Waals surface area contributed by atoms with Crippen molar-refractivity contribution in [2.75, 3.05) is 38.1 Å². The zero-order valence-corrected chi connectivity index (χ0v) is 17.9. The largest absolute Gasteiger partial charge is 1.00 e. The summed E-state index contributed by atoms with van der Waals surface area (Å²) in [6, 6.07) is 1.24. The molecule has 2 aliphatic rings. The van der Waals surface area contributed by atoms with Crippen LogP contribution in [-0.2, 0) is 6.42 Å². The summed E-state index contributed by atoms with van der Waals surface area (Å²) in [5, 5.41) is 11.5. The molecular formula is C19H21FN3NaO3. The minimum absolute atomic E-state index is 0. The third-order valence-corrected chi connectivity index (χ3v) is 5.67. The van der Waals surface area contributed by atoms with E-state index in [4.69, 9.17) is 0 Å². The maximum atomic E-state index is 15.0. The number of benzene rings is 1. The SMILES string of the molecule is CC1CCc2c(N3CCN(C)CC3)c(F)cc3c(=O)c(C(=O)[O-])cn1c23.[Na+]. The molecule has 27 heavy (non-hydrogen) atoms. The minimum atomic E-state index is -1.52. The average molecular weight is 381 g/mol. The Morgan fingerprint density at radius 1 is 1.26 bits per heavy atom. The van der Waals surface area contributed by atoms with Crippen LogP contribution in [0.25, 0.3) is 10.9 Å². The van der Waals surface area contributed by atoms with Crippen LogP contribution in [0, 0.1) is 5.82 Å². The van der Waals surface area contributed by atoms with Crippen LogP contribution in [0.5, 0.6) is 0 Å². The van der Waals surface area contributed by atoms with Crippen molar-refractivity contribution in [1.82, 2.24) is 9.47 Å². The van der Waals surface area contributed by atoms with Crippen LogP contribution in [0.4, 0.5) is 10.1 Å². The molecule has 0 aliphatic carbocycles. The van der Waals surface area contributed by atoms with E-state index < -0.39 is 22.8 Å². The molecule has 1 aromatic carbocycles. The van der Waals surface area contributed by atoms with Crippen molar-refractivity contribution >= 4 is 22.6 Å². The molecule has 1 atom stereocenters. The van der Waals surface area contributed by atoms with Gasteiger partial charge in [-0.1, -0.05) is 0 Å². The minimum Gasteiger partial charge on any atom is -0.545 e. The standard InChI is InChI=1S/C19H22FN3O3.Na/c1-11-3-4-12-16-13(18(24)14(19(25)26)10-23(11)16)9-15(20)17(12)22-7-5-21(2)6-8-22;/h9-11H,3-8H2,1-2H3,(H,25,26);/q;+1/p-1. The second kappa shape index (κ2) is 7.54. The van der Waals surface area contributed by atoms with Crippen LogP contribution in [0.3, 0.4) is 0 Å². The summed E-state index contributed by atoms with van der Waals surface area (Å²) in [5.41, 5.74) is 0.949. The maximum Gasteiger partial charge on any atom is 1.00 e. The van der Waals surface area contributed by atoms with E-state index in [9.17, 15) is 14.7 Å². The second-order valence-electron chi connectivity index (χ2n) is 7.33. The van der Waals surface area contributed by atoms with Crippen LogP contribution in [0.1, 0.15) is 35.3 Å². The molecule has 0 saturated carbocycles. The summed E-state index contributed by atoms with van der Waals surface area (Å²) in [7, 11) is 2.04. The summed E-state index contributed by atoms with van der Waals surface area (Å²) in [6.45, 7) is 5.13. The number of rotatable bonds is 2. The van der Waals surface area contributed by atoms with Gasteiger partial charge in [-0.2, -0.15) is 0 Å². The van der Waals surface area contributed by atoms with Crippen molar-refractivity contribution < 1.29 is 43.8 Å². The molecular weight excluding hydrogens is 360 g/mol. The van der Waals surface area contributed by atoms with Gasteiger partial charge in [-0.25, -0.2) is 4.39 Å². The number of carboxylic acids is 1. The predicted octanol–water partition coefficient (Wildman–Crippen LogP) is -2.23. The zero-order valence-electron chi connectivity index (χ0n) is 15.9. The first kappa shape index (κ1) is 20.3. The zero-order chi connectivity index (χ0) is 18.6. The van der Waals surface area contributed by atoms with Gasteiger partial charge in [0.05, 0.1) is 22.7 Å². The average Bonchev–Trinajstić information content (AvgIpc) is 2.60. The van der Waals surface area contributed by atoms with E-state index in [-0.39, 0.29) is 41.0 Å². The normalized spacial score (nSPS) is 19.8. The smallest absolute Gasteiger partial charge is 0.545 e. The van der Waals surface area contributed by atoms with Gasteiger partial charge in [0, 0.05) is 49.4 Å². The number of hydrogen-bond donors (Lipinski definition) is 0. The Bertz CT molecular complexity index is 967. The summed E-state index contributed by atoms with van der Waals surface area (Å²) in [5.74, 6) is -1.98. The molecule has 0 radical (unpaired) electrons. The van der Waals surface area contributed by atoms with Gasteiger partial charge in [0.2, 0.25) is 0 Å². The monoisotopic (exact) mass is 381 g/mol. The van der Waals surface area contributed by atoms with E-state index in [1.165, 1.54) is 12.3 Å². The first-order valence-electron chi connectivity index (χ1n) is 8.93. The van der Waals surface area contributed by atoms with Crippen molar-refractivity contribution in [3.63, 3.8) is 0 Å². The number of nitrogens with zero attached hydrogens (tertiary/aromatic N) is 3. The molecule has 1 aromatic heterocycles. The molecule has 2 aliphatic heterocycles. The maximum absolute atomic E-state index is 15.0. The third-order valence-electron chi connectivity index (χ3n) is 5.67. The molecule has 6 nitrogen and oxygen atoms in total. The number of anilines is 1. The molecule has 1 fully saturated rings. The number of pyridine rings is 1. The van der Waals surface area contributed by atoms with E-state index in [0.717, 1.165) is 38.2 Å². The Morgan fingerprint density at radius 2 is 1.93 bits per heavy atom. The fourth-order valence-corrected chi connectivity index (χ4v) is 4.15. The number of likely N-dealkylation sites (N-methyl/N-ethyl adjacent to an activating group) is 1.